The van der Waals surface area contributed by atoms with E-state index in [9.17, 15) is 9.59 Å². The van der Waals surface area contributed by atoms with Gasteiger partial charge < -0.3 is 9.64 Å². The molecule has 0 aromatic carbocycles. The highest BCUT2D eigenvalue weighted by molar-refractivity contribution is 5.79. The fraction of sp³-hybridized carbons (Fsp3) is 0.706. The first-order valence-electron chi connectivity index (χ1n) is 8.89. The van der Waals surface area contributed by atoms with Gasteiger partial charge in [-0.25, -0.2) is 5.10 Å². The van der Waals surface area contributed by atoms with Gasteiger partial charge in [-0.05, 0) is 44.2 Å². The van der Waals surface area contributed by atoms with Gasteiger partial charge in [0.05, 0.1) is 37.5 Å². The van der Waals surface area contributed by atoms with Crippen LogP contribution in [-0.2, 0) is 9.53 Å². The van der Waals surface area contributed by atoms with Crippen molar-refractivity contribution in [2.45, 2.75) is 37.8 Å². The van der Waals surface area contributed by atoms with Crippen molar-refractivity contribution in [3.05, 3.63) is 28.2 Å². The largest absolute Gasteiger partial charge is 0.377 e. The van der Waals surface area contributed by atoms with E-state index in [1.807, 2.05) is 4.90 Å². The van der Waals surface area contributed by atoms with Gasteiger partial charge in [-0.3, -0.25) is 14.5 Å². The summed E-state index contributed by atoms with van der Waals surface area (Å²) < 4.78 is 5.58. The molecule has 2 saturated heterocycles. The van der Waals surface area contributed by atoms with Crippen LogP contribution in [0.1, 0.15) is 37.4 Å². The molecular weight excluding hydrogens is 308 g/mol. The second kappa shape index (κ2) is 6.64. The van der Waals surface area contributed by atoms with Crippen LogP contribution in [0.3, 0.4) is 0 Å². The van der Waals surface area contributed by atoms with E-state index >= 15 is 0 Å². The average Bonchev–Trinajstić information content (AvgIpc) is 3.35. The Morgan fingerprint density at radius 2 is 2.17 bits per heavy atom. The van der Waals surface area contributed by atoms with Gasteiger partial charge in [0, 0.05) is 12.6 Å². The maximum Gasteiger partial charge on any atom is 0.264 e. The topological polar surface area (TPSA) is 78.5 Å². The third-order valence-electron chi connectivity index (χ3n) is 5.40. The Kier molecular flexibility index (Phi) is 4.37. The van der Waals surface area contributed by atoms with E-state index in [1.54, 1.807) is 6.07 Å². The van der Waals surface area contributed by atoms with E-state index in [2.05, 4.69) is 15.1 Å². The summed E-state index contributed by atoms with van der Waals surface area (Å²) in [6, 6.07) is 3.66. The number of amides is 1. The Bertz CT molecular complexity index is 637. The van der Waals surface area contributed by atoms with E-state index in [1.165, 1.54) is 18.9 Å². The molecule has 7 heteroatoms. The van der Waals surface area contributed by atoms with Gasteiger partial charge in [-0.15, -0.1) is 0 Å². The maximum absolute atomic E-state index is 12.9. The molecule has 3 heterocycles. The predicted molar refractivity (Wildman–Crippen MR) is 87.4 cm³/mol. The predicted octanol–water partition coefficient (Wildman–Crippen LogP) is 0.544. The Balaban J connectivity index is 1.44. The number of carbonyl (C=O) groups excluding carboxylic acids is 1. The number of H-pyrrole nitrogens is 1. The van der Waals surface area contributed by atoms with Crippen LogP contribution in [-0.4, -0.2) is 64.8 Å². The lowest BCUT2D eigenvalue weighted by Crippen LogP contribution is -2.52. The number of hydrogen-bond acceptors (Lipinski definition) is 5. The summed E-state index contributed by atoms with van der Waals surface area (Å²) >= 11 is 0. The summed E-state index contributed by atoms with van der Waals surface area (Å²) in [5.41, 5.74) is 0.653. The molecule has 3 aliphatic rings. The van der Waals surface area contributed by atoms with Crippen LogP contribution < -0.4 is 5.56 Å². The zero-order valence-electron chi connectivity index (χ0n) is 13.8. The Hall–Kier alpha value is -1.73. The van der Waals surface area contributed by atoms with Gasteiger partial charge in [0.1, 0.15) is 0 Å². The molecule has 130 valence electrons. The van der Waals surface area contributed by atoms with Crippen molar-refractivity contribution in [3.63, 3.8) is 0 Å². The van der Waals surface area contributed by atoms with Gasteiger partial charge in [0.25, 0.3) is 5.56 Å². The highest BCUT2D eigenvalue weighted by atomic mass is 16.5. The fourth-order valence-corrected chi connectivity index (χ4v) is 3.96. The SMILES string of the molecule is O=C(CN1CCCC1c1ccc(=O)[nH]n1)N1CCOCC1C1CC1. The first-order chi connectivity index (χ1) is 11.7. The zero-order valence-corrected chi connectivity index (χ0v) is 13.8. The van der Waals surface area contributed by atoms with E-state index in [-0.39, 0.29) is 23.6 Å². The second-order valence-electron chi connectivity index (χ2n) is 7.04. The highest BCUT2D eigenvalue weighted by Crippen LogP contribution is 2.37. The lowest BCUT2D eigenvalue weighted by molar-refractivity contribution is -0.142. The van der Waals surface area contributed by atoms with Gasteiger partial charge in [-0.2, -0.15) is 5.10 Å². The minimum Gasteiger partial charge on any atom is -0.377 e. The van der Waals surface area contributed by atoms with Crippen LogP contribution in [0, 0.1) is 5.92 Å². The summed E-state index contributed by atoms with van der Waals surface area (Å²) in [4.78, 5) is 28.3. The molecule has 1 saturated carbocycles. The minimum atomic E-state index is -0.194. The highest BCUT2D eigenvalue weighted by Gasteiger charge is 2.40. The number of likely N-dealkylation sites (tertiary alicyclic amines) is 1. The van der Waals surface area contributed by atoms with Crippen molar-refractivity contribution in [3.8, 4) is 0 Å². The molecule has 1 aromatic rings. The number of nitrogens with one attached hydrogen (secondary N) is 1. The van der Waals surface area contributed by atoms with Crippen LogP contribution in [0.2, 0.25) is 0 Å². The summed E-state index contributed by atoms with van der Waals surface area (Å²) in [6.45, 7) is 3.35. The normalized spacial score (nSPS) is 28.2. The number of morpholine rings is 1. The van der Waals surface area contributed by atoms with E-state index in [0.29, 0.717) is 32.2 Å². The standard InChI is InChI=1S/C17H24N4O3/c22-16-6-5-13(18-19-16)14-2-1-7-20(14)10-17(23)21-8-9-24-11-15(21)12-3-4-12/h5-6,12,14-15H,1-4,7-11H2,(H,19,22). The van der Waals surface area contributed by atoms with Crippen molar-refractivity contribution < 1.29 is 9.53 Å². The van der Waals surface area contributed by atoms with Gasteiger partial charge in [0.15, 0.2) is 0 Å². The first-order valence-corrected chi connectivity index (χ1v) is 8.89. The number of nitrogens with zero attached hydrogens (tertiary/aromatic N) is 3. The smallest absolute Gasteiger partial charge is 0.264 e. The number of ether oxygens (including phenoxy) is 1. The van der Waals surface area contributed by atoms with Crippen LogP contribution in [0.5, 0.6) is 0 Å². The van der Waals surface area contributed by atoms with Crippen molar-refractivity contribution in [2.75, 3.05) is 32.8 Å². The zero-order chi connectivity index (χ0) is 16.5. The summed E-state index contributed by atoms with van der Waals surface area (Å²) in [5, 5.41) is 6.66. The fourth-order valence-electron chi connectivity index (χ4n) is 3.96. The molecule has 4 rings (SSSR count). The van der Waals surface area contributed by atoms with Crippen molar-refractivity contribution in [2.24, 2.45) is 5.92 Å². The Morgan fingerprint density at radius 1 is 1.29 bits per heavy atom. The molecule has 1 N–H and O–H groups in total. The third kappa shape index (κ3) is 3.23. The monoisotopic (exact) mass is 332 g/mol. The number of carbonyl (C=O) groups is 1. The third-order valence-corrected chi connectivity index (χ3v) is 5.40. The molecule has 1 aromatic heterocycles. The Labute approximate surface area is 141 Å². The van der Waals surface area contributed by atoms with E-state index < -0.39 is 0 Å². The molecule has 2 aliphatic heterocycles. The van der Waals surface area contributed by atoms with Crippen LogP contribution in [0.4, 0.5) is 0 Å². The van der Waals surface area contributed by atoms with E-state index in [4.69, 9.17) is 4.74 Å². The van der Waals surface area contributed by atoms with Gasteiger partial charge in [0.2, 0.25) is 5.91 Å². The summed E-state index contributed by atoms with van der Waals surface area (Å²) in [6.07, 6.45) is 4.45. The first kappa shape index (κ1) is 15.8. The van der Waals surface area contributed by atoms with Crippen molar-refractivity contribution in [1.29, 1.82) is 0 Å². The molecule has 0 radical (unpaired) electrons. The van der Waals surface area contributed by atoms with Gasteiger partial charge >= 0.3 is 0 Å². The summed E-state index contributed by atoms with van der Waals surface area (Å²) in [5.74, 6) is 0.830. The quantitative estimate of drug-likeness (QED) is 0.871. The van der Waals surface area contributed by atoms with Gasteiger partial charge in [-0.1, -0.05) is 0 Å². The number of hydrogen-bond donors (Lipinski definition) is 1. The molecule has 1 aliphatic carbocycles. The minimum absolute atomic E-state index is 0.117. The maximum atomic E-state index is 12.9. The van der Waals surface area contributed by atoms with Crippen molar-refractivity contribution in [1.82, 2.24) is 20.0 Å². The molecule has 3 fully saturated rings. The summed E-state index contributed by atoms with van der Waals surface area (Å²) in [7, 11) is 0. The van der Waals surface area contributed by atoms with E-state index in [0.717, 1.165) is 25.1 Å². The lowest BCUT2D eigenvalue weighted by Gasteiger charge is -2.37. The van der Waals surface area contributed by atoms with Crippen molar-refractivity contribution >= 4 is 5.91 Å². The number of aromatic nitrogens is 2. The molecule has 24 heavy (non-hydrogen) atoms. The molecule has 2 unspecified atom stereocenters. The molecule has 0 bridgehead atoms. The van der Waals surface area contributed by atoms with Crippen LogP contribution in [0.25, 0.3) is 0 Å². The molecule has 7 nitrogen and oxygen atoms in total. The molecule has 1 amide bonds. The van der Waals surface area contributed by atoms with Crippen LogP contribution in [0.15, 0.2) is 16.9 Å². The molecular formula is C17H24N4O3. The lowest BCUT2D eigenvalue weighted by atomic mass is 10.1. The second-order valence-corrected chi connectivity index (χ2v) is 7.04. The number of aromatic amines is 1. The molecule has 0 spiro atoms. The molecule has 2 atom stereocenters. The Morgan fingerprint density at radius 3 is 2.92 bits per heavy atom. The number of rotatable bonds is 4. The van der Waals surface area contributed by atoms with Crippen LogP contribution >= 0.6 is 0 Å². The average molecular weight is 332 g/mol.